The Morgan fingerprint density at radius 1 is 1.65 bits per heavy atom. The van der Waals surface area contributed by atoms with E-state index in [1.807, 2.05) is 0 Å². The van der Waals surface area contributed by atoms with Crippen LogP contribution in [0.1, 0.15) is 19.4 Å². The van der Waals surface area contributed by atoms with Crippen LogP contribution in [0.4, 0.5) is 4.39 Å². The average Bonchev–Trinajstić information content (AvgIpc) is 2.29. The zero-order valence-electron chi connectivity index (χ0n) is 9.66. The third-order valence-electron chi connectivity index (χ3n) is 2.09. The van der Waals surface area contributed by atoms with E-state index in [0.717, 1.165) is 6.07 Å². The van der Waals surface area contributed by atoms with Crippen LogP contribution < -0.4 is 10.1 Å². The van der Waals surface area contributed by atoms with E-state index in [9.17, 15) is 9.18 Å². The highest BCUT2D eigenvalue weighted by atomic mass is 19.1. The molecular formula is C12H13FN2O2. The summed E-state index contributed by atoms with van der Waals surface area (Å²) in [6, 6.07) is 5.57. The second kappa shape index (κ2) is 5.85. The maximum absolute atomic E-state index is 13.2. The van der Waals surface area contributed by atoms with Crippen molar-refractivity contribution < 1.29 is 13.9 Å². The highest BCUT2D eigenvalue weighted by Gasteiger charge is 2.14. The summed E-state index contributed by atoms with van der Waals surface area (Å²) in [6.45, 7) is 3.88. The van der Waals surface area contributed by atoms with Crippen molar-refractivity contribution >= 4 is 5.91 Å². The minimum absolute atomic E-state index is 0.0528. The molecule has 5 heteroatoms. The zero-order chi connectivity index (χ0) is 12.8. The minimum atomic E-state index is -0.706. The lowest BCUT2D eigenvalue weighted by Crippen LogP contribution is -2.36. The first kappa shape index (κ1) is 13.0. The van der Waals surface area contributed by atoms with Crippen LogP contribution in [0.5, 0.6) is 5.75 Å². The molecule has 4 nitrogen and oxygen atoms in total. The molecule has 1 rings (SSSR count). The van der Waals surface area contributed by atoms with Crippen molar-refractivity contribution in [2.45, 2.75) is 20.0 Å². The molecule has 0 aliphatic rings. The first-order chi connectivity index (χ1) is 8.08. The zero-order valence-corrected chi connectivity index (χ0v) is 9.66. The molecule has 0 heterocycles. The van der Waals surface area contributed by atoms with E-state index in [1.165, 1.54) is 12.1 Å². The Hall–Kier alpha value is -2.09. The van der Waals surface area contributed by atoms with Gasteiger partial charge in [0.05, 0.1) is 5.56 Å². The third kappa shape index (κ3) is 3.45. The van der Waals surface area contributed by atoms with Gasteiger partial charge in [0.2, 0.25) is 0 Å². The number of amides is 1. The Balaban J connectivity index is 2.73. The van der Waals surface area contributed by atoms with Crippen molar-refractivity contribution in [2.24, 2.45) is 0 Å². The summed E-state index contributed by atoms with van der Waals surface area (Å²) in [4.78, 5) is 11.4. The molecule has 0 bridgehead atoms. The molecule has 1 unspecified atom stereocenters. The molecule has 1 amide bonds. The van der Waals surface area contributed by atoms with E-state index in [1.54, 1.807) is 19.9 Å². The van der Waals surface area contributed by atoms with Crippen molar-refractivity contribution in [3.8, 4) is 11.8 Å². The Bertz CT molecular complexity index is 454. The normalized spacial score (nSPS) is 11.4. The third-order valence-corrected chi connectivity index (χ3v) is 2.09. The molecule has 0 aliphatic carbocycles. The van der Waals surface area contributed by atoms with Crippen LogP contribution in [0.3, 0.4) is 0 Å². The van der Waals surface area contributed by atoms with Gasteiger partial charge in [-0.15, -0.1) is 0 Å². The molecule has 17 heavy (non-hydrogen) atoms. The number of halogens is 1. The molecule has 0 aromatic heterocycles. The highest BCUT2D eigenvalue weighted by Crippen LogP contribution is 2.17. The standard InChI is InChI=1S/C12H13FN2O2/c1-3-15-12(16)8(2)17-10-5-4-9(7-14)11(13)6-10/h4-6,8H,3H2,1-2H3,(H,15,16). The molecule has 1 aromatic rings. The van der Waals surface area contributed by atoms with Crippen LogP contribution in [0.25, 0.3) is 0 Å². The number of nitriles is 1. The summed E-state index contributed by atoms with van der Waals surface area (Å²) in [5, 5.41) is 11.1. The summed E-state index contributed by atoms with van der Waals surface area (Å²) in [7, 11) is 0. The van der Waals surface area contributed by atoms with Crippen LogP contribution in [0.15, 0.2) is 18.2 Å². The van der Waals surface area contributed by atoms with Gasteiger partial charge in [0.25, 0.3) is 5.91 Å². The summed E-state index contributed by atoms with van der Waals surface area (Å²) in [5.74, 6) is -0.703. The first-order valence-electron chi connectivity index (χ1n) is 5.22. The Morgan fingerprint density at radius 3 is 2.88 bits per heavy atom. The summed E-state index contributed by atoms with van der Waals surface area (Å²) in [6.07, 6.45) is -0.706. The Labute approximate surface area is 99.0 Å². The number of hydrogen-bond acceptors (Lipinski definition) is 3. The van der Waals surface area contributed by atoms with Crippen LogP contribution >= 0.6 is 0 Å². The van der Waals surface area contributed by atoms with Gasteiger partial charge in [0.1, 0.15) is 17.6 Å². The number of rotatable bonds is 4. The van der Waals surface area contributed by atoms with Crippen LogP contribution in [-0.2, 0) is 4.79 Å². The highest BCUT2D eigenvalue weighted by molar-refractivity contribution is 5.80. The smallest absolute Gasteiger partial charge is 0.260 e. The Morgan fingerprint density at radius 2 is 2.35 bits per heavy atom. The van der Waals surface area contributed by atoms with Crippen molar-refractivity contribution in [1.29, 1.82) is 5.26 Å². The van der Waals surface area contributed by atoms with Crippen molar-refractivity contribution in [2.75, 3.05) is 6.54 Å². The van der Waals surface area contributed by atoms with Crippen LogP contribution in [0.2, 0.25) is 0 Å². The number of hydrogen-bond donors (Lipinski definition) is 1. The fourth-order valence-electron chi connectivity index (χ4n) is 1.24. The lowest BCUT2D eigenvalue weighted by atomic mass is 10.2. The number of carbonyl (C=O) groups excluding carboxylic acids is 1. The maximum atomic E-state index is 13.2. The van der Waals surface area contributed by atoms with Gasteiger partial charge in [-0.05, 0) is 26.0 Å². The first-order valence-corrected chi connectivity index (χ1v) is 5.22. The number of benzene rings is 1. The summed E-state index contributed by atoms with van der Waals surface area (Å²) >= 11 is 0. The predicted octanol–water partition coefficient (Wildman–Crippen LogP) is 1.60. The van der Waals surface area contributed by atoms with E-state index in [4.69, 9.17) is 10.00 Å². The van der Waals surface area contributed by atoms with Gasteiger partial charge in [0.15, 0.2) is 6.10 Å². The van der Waals surface area contributed by atoms with E-state index < -0.39 is 11.9 Å². The number of likely N-dealkylation sites (N-methyl/N-ethyl adjacent to an activating group) is 1. The quantitative estimate of drug-likeness (QED) is 0.863. The molecule has 0 aliphatic heterocycles. The molecule has 0 radical (unpaired) electrons. The molecule has 0 saturated heterocycles. The van der Waals surface area contributed by atoms with E-state index in [2.05, 4.69) is 5.32 Å². The molecule has 90 valence electrons. The van der Waals surface area contributed by atoms with E-state index in [0.29, 0.717) is 6.54 Å². The van der Waals surface area contributed by atoms with Gasteiger partial charge in [-0.25, -0.2) is 4.39 Å². The van der Waals surface area contributed by atoms with Crippen molar-refractivity contribution in [3.63, 3.8) is 0 Å². The van der Waals surface area contributed by atoms with E-state index in [-0.39, 0.29) is 17.2 Å². The van der Waals surface area contributed by atoms with Gasteiger partial charge in [0, 0.05) is 12.6 Å². The number of nitrogens with zero attached hydrogens (tertiary/aromatic N) is 1. The second-order valence-electron chi connectivity index (χ2n) is 3.41. The van der Waals surface area contributed by atoms with Gasteiger partial charge in [-0.1, -0.05) is 0 Å². The van der Waals surface area contributed by atoms with Gasteiger partial charge in [-0.3, -0.25) is 4.79 Å². The average molecular weight is 236 g/mol. The largest absolute Gasteiger partial charge is 0.481 e. The lowest BCUT2D eigenvalue weighted by molar-refractivity contribution is -0.127. The summed E-state index contributed by atoms with van der Waals surface area (Å²) < 4.78 is 18.5. The second-order valence-corrected chi connectivity index (χ2v) is 3.41. The van der Waals surface area contributed by atoms with Crippen molar-refractivity contribution in [3.05, 3.63) is 29.6 Å². The molecule has 1 aromatic carbocycles. The van der Waals surface area contributed by atoms with Gasteiger partial charge >= 0.3 is 0 Å². The summed E-state index contributed by atoms with van der Waals surface area (Å²) in [5.41, 5.74) is -0.0528. The Kier molecular flexibility index (Phi) is 4.46. The molecule has 1 N–H and O–H groups in total. The fourth-order valence-corrected chi connectivity index (χ4v) is 1.24. The monoisotopic (exact) mass is 236 g/mol. The fraction of sp³-hybridized carbons (Fsp3) is 0.333. The predicted molar refractivity (Wildman–Crippen MR) is 59.9 cm³/mol. The number of ether oxygens (including phenoxy) is 1. The van der Waals surface area contributed by atoms with Crippen LogP contribution in [0, 0.1) is 17.1 Å². The van der Waals surface area contributed by atoms with Gasteiger partial charge in [-0.2, -0.15) is 5.26 Å². The topological polar surface area (TPSA) is 62.1 Å². The number of carbonyl (C=O) groups is 1. The number of nitrogens with one attached hydrogen (secondary N) is 1. The molecule has 1 atom stereocenters. The molecule has 0 saturated carbocycles. The van der Waals surface area contributed by atoms with Gasteiger partial charge < -0.3 is 10.1 Å². The van der Waals surface area contributed by atoms with Crippen molar-refractivity contribution in [1.82, 2.24) is 5.32 Å². The lowest BCUT2D eigenvalue weighted by Gasteiger charge is -2.14. The SMILES string of the molecule is CCNC(=O)C(C)Oc1ccc(C#N)c(F)c1. The molecule has 0 spiro atoms. The van der Waals surface area contributed by atoms with E-state index >= 15 is 0 Å². The minimum Gasteiger partial charge on any atom is -0.481 e. The van der Waals surface area contributed by atoms with Crippen LogP contribution in [-0.4, -0.2) is 18.6 Å². The molecular weight excluding hydrogens is 223 g/mol. The molecule has 0 fully saturated rings. The maximum Gasteiger partial charge on any atom is 0.260 e.